The van der Waals surface area contributed by atoms with Gasteiger partial charge >= 0.3 is 6.18 Å². The average molecular weight is 494 g/mol. The summed E-state index contributed by atoms with van der Waals surface area (Å²) in [4.78, 5) is 12.7. The number of carbonyl (C=O) groups excluding carboxylic acids is 1. The fraction of sp³-hybridized carbons (Fsp3) is 0.273. The number of hydrogen-bond acceptors (Lipinski definition) is 5. The molecule has 4 rings (SSSR count). The second-order valence-electron chi connectivity index (χ2n) is 7.46. The number of rotatable bonds is 6. The van der Waals surface area contributed by atoms with Crippen molar-refractivity contribution in [3.8, 4) is 5.69 Å². The maximum Gasteiger partial charge on any atom is 0.434 e. The molecule has 12 heteroatoms. The number of morpholine rings is 1. The van der Waals surface area contributed by atoms with Crippen molar-refractivity contribution in [2.24, 2.45) is 0 Å². The van der Waals surface area contributed by atoms with E-state index in [1.807, 2.05) is 0 Å². The number of amides is 1. The smallest absolute Gasteiger partial charge is 0.379 e. The molecule has 0 aliphatic carbocycles. The predicted octanol–water partition coefficient (Wildman–Crippen LogP) is 2.84. The number of ether oxygens (including phenoxy) is 1. The first-order valence-corrected chi connectivity index (χ1v) is 11.8. The molecule has 1 fully saturated rings. The number of hydrogen-bond donors (Lipinski definition) is 1. The first kappa shape index (κ1) is 23.9. The van der Waals surface area contributed by atoms with Crippen molar-refractivity contribution in [2.45, 2.75) is 17.6 Å². The summed E-state index contributed by atoms with van der Waals surface area (Å²) in [6, 6.07) is 13.7. The van der Waals surface area contributed by atoms with Crippen molar-refractivity contribution in [1.29, 1.82) is 0 Å². The van der Waals surface area contributed by atoms with Crippen molar-refractivity contribution in [3.05, 3.63) is 77.6 Å². The quantitative estimate of drug-likeness (QED) is 0.569. The molecule has 0 unspecified atom stereocenters. The van der Waals surface area contributed by atoms with Gasteiger partial charge in [-0.05, 0) is 23.8 Å². The molecule has 1 N–H and O–H groups in total. The third kappa shape index (κ3) is 4.83. The summed E-state index contributed by atoms with van der Waals surface area (Å²) >= 11 is 0. The van der Waals surface area contributed by atoms with Gasteiger partial charge in [-0.15, -0.1) is 0 Å². The zero-order valence-electron chi connectivity index (χ0n) is 17.8. The summed E-state index contributed by atoms with van der Waals surface area (Å²) in [6.45, 7) is 0.632. The number of carbonyl (C=O) groups is 1. The van der Waals surface area contributed by atoms with Crippen molar-refractivity contribution >= 4 is 15.9 Å². The Morgan fingerprint density at radius 2 is 1.68 bits per heavy atom. The second-order valence-corrected chi connectivity index (χ2v) is 9.37. The van der Waals surface area contributed by atoms with Gasteiger partial charge in [0.2, 0.25) is 10.0 Å². The molecule has 1 aliphatic heterocycles. The van der Waals surface area contributed by atoms with E-state index in [9.17, 15) is 26.4 Å². The molecule has 34 heavy (non-hydrogen) atoms. The van der Waals surface area contributed by atoms with E-state index in [0.717, 1.165) is 6.20 Å². The Kier molecular flexibility index (Phi) is 6.73. The molecular weight excluding hydrogens is 473 g/mol. The number of sulfonamides is 1. The topological polar surface area (TPSA) is 93.5 Å². The highest BCUT2D eigenvalue weighted by atomic mass is 32.2. The molecule has 2 aromatic carbocycles. The number of halogens is 3. The molecular formula is C22H21F3N4O4S. The minimum absolute atomic E-state index is 0.0202. The molecule has 180 valence electrons. The Morgan fingerprint density at radius 1 is 1.03 bits per heavy atom. The fourth-order valence-corrected chi connectivity index (χ4v) is 5.28. The first-order valence-electron chi connectivity index (χ1n) is 10.3. The monoisotopic (exact) mass is 494 g/mol. The van der Waals surface area contributed by atoms with Crippen LogP contribution in [0, 0.1) is 0 Å². The van der Waals surface area contributed by atoms with Gasteiger partial charge in [-0.1, -0.05) is 36.4 Å². The Labute approximate surface area is 194 Å². The molecule has 1 aromatic heterocycles. The number of para-hydroxylation sites is 1. The standard InChI is InChI=1S/C22H21F3N4O4S/c23-22(24,25)20-18(15-27-29(20)17-7-2-1-3-8-17)21(30)26-14-16-6-4-5-9-19(16)34(31,32)28-10-12-33-13-11-28/h1-9,15H,10-14H2,(H,26,30). The highest BCUT2D eigenvalue weighted by Gasteiger charge is 2.40. The highest BCUT2D eigenvalue weighted by Crippen LogP contribution is 2.33. The van der Waals surface area contributed by atoms with Crippen LogP contribution in [0.25, 0.3) is 5.69 Å². The van der Waals surface area contributed by atoms with E-state index in [1.54, 1.807) is 30.3 Å². The molecule has 0 atom stereocenters. The van der Waals surface area contributed by atoms with Crippen LogP contribution in [0.1, 0.15) is 21.6 Å². The van der Waals surface area contributed by atoms with Crippen LogP contribution in [0.3, 0.4) is 0 Å². The minimum atomic E-state index is -4.85. The Bertz CT molecular complexity index is 1270. The minimum Gasteiger partial charge on any atom is -0.379 e. The summed E-state index contributed by atoms with van der Waals surface area (Å²) in [5, 5.41) is 6.18. The number of aromatic nitrogens is 2. The number of nitrogens with zero attached hydrogens (tertiary/aromatic N) is 3. The Morgan fingerprint density at radius 3 is 2.35 bits per heavy atom. The zero-order chi connectivity index (χ0) is 24.3. The van der Waals surface area contributed by atoms with E-state index in [0.29, 0.717) is 4.68 Å². The lowest BCUT2D eigenvalue weighted by Gasteiger charge is -2.27. The predicted molar refractivity (Wildman–Crippen MR) is 116 cm³/mol. The maximum absolute atomic E-state index is 13.8. The Hall–Kier alpha value is -3.22. The van der Waals surface area contributed by atoms with E-state index >= 15 is 0 Å². The lowest BCUT2D eigenvalue weighted by molar-refractivity contribution is -0.143. The molecule has 0 radical (unpaired) electrons. The maximum atomic E-state index is 13.8. The van der Waals surface area contributed by atoms with Gasteiger partial charge < -0.3 is 10.1 Å². The summed E-state index contributed by atoms with van der Waals surface area (Å²) < 4.78 is 74.8. The first-order chi connectivity index (χ1) is 16.2. The van der Waals surface area contributed by atoms with Gasteiger partial charge in [0.25, 0.3) is 5.91 Å². The van der Waals surface area contributed by atoms with Crippen LogP contribution in [-0.4, -0.2) is 54.7 Å². The van der Waals surface area contributed by atoms with Crippen molar-refractivity contribution in [3.63, 3.8) is 0 Å². The zero-order valence-corrected chi connectivity index (χ0v) is 18.6. The van der Waals surface area contributed by atoms with Gasteiger partial charge in [0.15, 0.2) is 5.69 Å². The van der Waals surface area contributed by atoms with Gasteiger partial charge in [0.05, 0.1) is 35.6 Å². The molecule has 3 aromatic rings. The van der Waals surface area contributed by atoms with Gasteiger partial charge in [0, 0.05) is 19.6 Å². The normalized spacial score (nSPS) is 15.3. The largest absolute Gasteiger partial charge is 0.434 e. The van der Waals surface area contributed by atoms with E-state index < -0.39 is 33.4 Å². The molecule has 1 aliphatic rings. The second kappa shape index (κ2) is 9.57. The van der Waals surface area contributed by atoms with Crippen LogP contribution in [0.2, 0.25) is 0 Å². The SMILES string of the molecule is O=C(NCc1ccccc1S(=O)(=O)N1CCOCC1)c1cnn(-c2ccccc2)c1C(F)(F)F. The summed E-state index contributed by atoms with van der Waals surface area (Å²) in [6.07, 6.45) is -4.00. The summed E-state index contributed by atoms with van der Waals surface area (Å²) in [5.41, 5.74) is -1.47. The summed E-state index contributed by atoms with van der Waals surface area (Å²) in [7, 11) is -3.86. The van der Waals surface area contributed by atoms with E-state index in [2.05, 4.69) is 10.4 Å². The van der Waals surface area contributed by atoms with Crippen molar-refractivity contribution in [1.82, 2.24) is 19.4 Å². The van der Waals surface area contributed by atoms with Crippen LogP contribution < -0.4 is 5.32 Å². The van der Waals surface area contributed by atoms with E-state index in [4.69, 9.17) is 4.74 Å². The van der Waals surface area contributed by atoms with E-state index in [-0.39, 0.29) is 49.0 Å². The lowest BCUT2D eigenvalue weighted by atomic mass is 10.2. The van der Waals surface area contributed by atoms with Crippen LogP contribution in [-0.2, 0) is 27.5 Å². The molecule has 0 saturated carbocycles. The molecule has 0 bridgehead atoms. The number of nitrogens with one attached hydrogen (secondary N) is 1. The van der Waals surface area contributed by atoms with Gasteiger partial charge in [-0.25, -0.2) is 13.1 Å². The van der Waals surface area contributed by atoms with Crippen LogP contribution in [0.5, 0.6) is 0 Å². The average Bonchev–Trinajstić information content (AvgIpc) is 3.30. The van der Waals surface area contributed by atoms with Crippen LogP contribution >= 0.6 is 0 Å². The van der Waals surface area contributed by atoms with Gasteiger partial charge in [-0.2, -0.15) is 22.6 Å². The molecule has 8 nitrogen and oxygen atoms in total. The third-order valence-corrected chi connectivity index (χ3v) is 7.28. The van der Waals surface area contributed by atoms with Crippen LogP contribution in [0.15, 0.2) is 65.7 Å². The fourth-order valence-electron chi connectivity index (χ4n) is 3.65. The van der Waals surface area contributed by atoms with Crippen molar-refractivity contribution < 1.29 is 31.1 Å². The van der Waals surface area contributed by atoms with E-state index in [1.165, 1.54) is 28.6 Å². The van der Waals surface area contributed by atoms with Crippen LogP contribution in [0.4, 0.5) is 13.2 Å². The molecule has 0 spiro atoms. The number of alkyl halides is 3. The third-order valence-electron chi connectivity index (χ3n) is 5.28. The number of benzene rings is 2. The molecule has 2 heterocycles. The molecule has 1 amide bonds. The highest BCUT2D eigenvalue weighted by molar-refractivity contribution is 7.89. The van der Waals surface area contributed by atoms with Gasteiger partial charge in [-0.3, -0.25) is 4.79 Å². The lowest BCUT2D eigenvalue weighted by Crippen LogP contribution is -2.41. The molecule has 1 saturated heterocycles. The Balaban J connectivity index is 1.60. The van der Waals surface area contributed by atoms with Crippen molar-refractivity contribution in [2.75, 3.05) is 26.3 Å². The van der Waals surface area contributed by atoms with Gasteiger partial charge in [0.1, 0.15) is 0 Å². The summed E-state index contributed by atoms with van der Waals surface area (Å²) in [5.74, 6) is -1.02.